The van der Waals surface area contributed by atoms with Crippen LogP contribution in [-0.2, 0) is 0 Å². The lowest BCUT2D eigenvalue weighted by Gasteiger charge is -2.11. The lowest BCUT2D eigenvalue weighted by molar-refractivity contribution is 0.406. The normalized spacial score (nSPS) is 12.3. The molecule has 0 aliphatic rings. The van der Waals surface area contributed by atoms with Crippen molar-refractivity contribution in [2.24, 2.45) is 0 Å². The van der Waals surface area contributed by atoms with Crippen molar-refractivity contribution in [2.75, 3.05) is 7.05 Å². The summed E-state index contributed by atoms with van der Waals surface area (Å²) in [6.45, 7) is 3.01. The summed E-state index contributed by atoms with van der Waals surface area (Å²) >= 11 is 0. The molecule has 0 aromatic heterocycles. The molecule has 3 nitrogen and oxygen atoms in total. The number of allylic oxidation sites excluding steroid dienone is 2. The van der Waals surface area contributed by atoms with Gasteiger partial charge in [-0.1, -0.05) is 6.92 Å². The minimum atomic E-state index is 0.0949. The fourth-order valence-corrected chi connectivity index (χ4v) is 0.624. The van der Waals surface area contributed by atoms with E-state index in [-0.39, 0.29) is 11.5 Å². The Labute approximate surface area is 54.9 Å². The van der Waals surface area contributed by atoms with Gasteiger partial charge in [-0.05, 0) is 6.92 Å². The Morgan fingerprint density at radius 2 is 1.89 bits per heavy atom. The highest BCUT2D eigenvalue weighted by Crippen LogP contribution is 1.96. The van der Waals surface area contributed by atoms with Crippen LogP contribution in [0, 0.1) is 0 Å². The Kier molecular flexibility index (Phi) is 2.78. The topological polar surface area (TPSA) is 54.6 Å². The molecule has 2 N–H and O–H groups in total. The first kappa shape index (κ1) is 8.01. The zero-order chi connectivity index (χ0) is 7.44. The van der Waals surface area contributed by atoms with Crippen LogP contribution in [0.25, 0.3) is 5.41 Å². The van der Waals surface area contributed by atoms with Gasteiger partial charge in [0.25, 0.3) is 0 Å². The van der Waals surface area contributed by atoms with Gasteiger partial charge >= 0.3 is 0 Å². The Hall–Kier alpha value is -0.990. The first-order valence-electron chi connectivity index (χ1n) is 2.70. The van der Waals surface area contributed by atoms with Gasteiger partial charge in [-0.2, -0.15) is 5.71 Å². The van der Waals surface area contributed by atoms with E-state index in [1.165, 1.54) is 13.8 Å². The van der Waals surface area contributed by atoms with Crippen molar-refractivity contribution in [3.8, 4) is 0 Å². The van der Waals surface area contributed by atoms with Crippen molar-refractivity contribution in [3.63, 3.8) is 0 Å². The summed E-state index contributed by atoms with van der Waals surface area (Å²) in [5.74, 6) is 0.0949. The SMILES string of the molecule is CN/C(C(C)=[N-])=C(\C)O. The number of nitrogens with one attached hydrogen (secondary N) is 1. The van der Waals surface area contributed by atoms with E-state index < -0.39 is 0 Å². The molecular formula is C6H11N2O-. The largest absolute Gasteiger partial charge is 0.806 e. The molecule has 9 heavy (non-hydrogen) atoms. The molecule has 0 saturated carbocycles. The lowest BCUT2D eigenvalue weighted by Crippen LogP contribution is -2.14. The number of hydrogen-bond donors (Lipinski definition) is 2. The molecule has 0 spiro atoms. The summed E-state index contributed by atoms with van der Waals surface area (Å²) in [4.78, 5) is 0. The maximum atomic E-state index is 8.82. The van der Waals surface area contributed by atoms with Crippen molar-refractivity contribution >= 4 is 5.71 Å². The second-order valence-electron chi connectivity index (χ2n) is 1.80. The summed E-state index contributed by atoms with van der Waals surface area (Å²) in [5, 5.41) is 20.3. The first-order chi connectivity index (χ1) is 4.09. The van der Waals surface area contributed by atoms with Gasteiger partial charge in [-0.15, -0.1) is 0 Å². The molecule has 0 bridgehead atoms. The van der Waals surface area contributed by atoms with Crippen LogP contribution >= 0.6 is 0 Å². The monoisotopic (exact) mass is 127 g/mol. The van der Waals surface area contributed by atoms with Crippen LogP contribution in [0.15, 0.2) is 11.5 Å². The number of aliphatic hydroxyl groups is 1. The zero-order valence-electron chi connectivity index (χ0n) is 5.89. The fourth-order valence-electron chi connectivity index (χ4n) is 0.624. The van der Waals surface area contributed by atoms with Crippen LogP contribution in [-0.4, -0.2) is 17.9 Å². The van der Waals surface area contributed by atoms with E-state index in [4.69, 9.17) is 10.5 Å². The van der Waals surface area contributed by atoms with Crippen molar-refractivity contribution in [2.45, 2.75) is 13.8 Å². The highest BCUT2D eigenvalue weighted by Gasteiger charge is 1.92. The summed E-state index contributed by atoms with van der Waals surface area (Å²) in [5.41, 5.74) is 0.479. The van der Waals surface area contributed by atoms with Gasteiger partial charge in [0, 0.05) is 7.05 Å². The lowest BCUT2D eigenvalue weighted by atomic mass is 10.3. The van der Waals surface area contributed by atoms with Crippen LogP contribution < -0.4 is 5.32 Å². The van der Waals surface area contributed by atoms with Gasteiger partial charge in [0.05, 0.1) is 5.70 Å². The molecule has 0 aromatic rings. The molecule has 0 fully saturated rings. The molecule has 0 unspecified atom stereocenters. The second-order valence-corrected chi connectivity index (χ2v) is 1.80. The van der Waals surface area contributed by atoms with Crippen LogP contribution in [0.2, 0.25) is 0 Å². The van der Waals surface area contributed by atoms with Gasteiger partial charge in [-0.3, -0.25) is 0 Å². The van der Waals surface area contributed by atoms with Crippen molar-refractivity contribution in [1.29, 1.82) is 0 Å². The molecule has 0 rings (SSSR count). The first-order valence-corrected chi connectivity index (χ1v) is 2.70. The Balaban J connectivity index is 4.35. The average molecular weight is 127 g/mol. The predicted molar refractivity (Wildman–Crippen MR) is 38.4 cm³/mol. The number of aliphatic hydroxyl groups excluding tert-OH is 1. The van der Waals surface area contributed by atoms with Gasteiger partial charge in [0.15, 0.2) is 0 Å². The highest BCUT2D eigenvalue weighted by atomic mass is 16.3. The van der Waals surface area contributed by atoms with Gasteiger partial charge < -0.3 is 15.8 Å². The predicted octanol–water partition coefficient (Wildman–Crippen LogP) is 1.03. The molecule has 0 heterocycles. The maximum Gasteiger partial charge on any atom is 0.111 e. The van der Waals surface area contributed by atoms with Crippen LogP contribution in [0.1, 0.15) is 13.8 Å². The Morgan fingerprint density at radius 1 is 1.44 bits per heavy atom. The third-order valence-electron chi connectivity index (χ3n) is 0.974. The molecule has 0 aliphatic carbocycles. The summed E-state index contributed by atoms with van der Waals surface area (Å²) < 4.78 is 0. The third kappa shape index (κ3) is 2.17. The summed E-state index contributed by atoms with van der Waals surface area (Å²) in [6.07, 6.45) is 0. The highest BCUT2D eigenvalue weighted by molar-refractivity contribution is 6.00. The van der Waals surface area contributed by atoms with Crippen LogP contribution in [0.5, 0.6) is 0 Å². The van der Waals surface area contributed by atoms with Gasteiger partial charge in [0.1, 0.15) is 5.76 Å². The van der Waals surface area contributed by atoms with Crippen molar-refractivity contribution in [3.05, 3.63) is 16.9 Å². The molecule has 0 aromatic carbocycles. The van der Waals surface area contributed by atoms with Crippen molar-refractivity contribution < 1.29 is 5.11 Å². The van der Waals surface area contributed by atoms with E-state index in [0.29, 0.717) is 5.70 Å². The van der Waals surface area contributed by atoms with E-state index in [1.54, 1.807) is 7.05 Å². The molecule has 0 amide bonds. The summed E-state index contributed by atoms with van der Waals surface area (Å²) in [6, 6.07) is 0. The number of nitrogens with zero attached hydrogens (tertiary/aromatic N) is 1. The number of rotatable bonds is 2. The van der Waals surface area contributed by atoms with Crippen LogP contribution in [0.3, 0.4) is 0 Å². The molecule has 3 heteroatoms. The fraction of sp³-hybridized carbons (Fsp3) is 0.500. The molecule has 52 valence electrons. The molecule has 0 aliphatic heterocycles. The quantitative estimate of drug-likeness (QED) is 0.430. The second kappa shape index (κ2) is 3.12. The molecule has 0 saturated heterocycles. The van der Waals surface area contributed by atoms with E-state index in [9.17, 15) is 0 Å². The third-order valence-corrected chi connectivity index (χ3v) is 0.974. The van der Waals surface area contributed by atoms with Crippen molar-refractivity contribution in [1.82, 2.24) is 5.32 Å². The van der Waals surface area contributed by atoms with Crippen LogP contribution in [0.4, 0.5) is 0 Å². The van der Waals surface area contributed by atoms with E-state index >= 15 is 0 Å². The molecular weight excluding hydrogens is 116 g/mol. The standard InChI is InChI=1S/C6H11N2O/c1-4(7)6(8-3)5(2)9/h8-9H,1-3H3/q-1/b6-5+. The number of hydrogen-bond acceptors (Lipinski definition) is 2. The van der Waals surface area contributed by atoms with Gasteiger partial charge in [-0.25, -0.2) is 0 Å². The zero-order valence-corrected chi connectivity index (χ0v) is 5.89. The molecule has 0 atom stereocenters. The summed E-state index contributed by atoms with van der Waals surface area (Å²) in [7, 11) is 1.63. The Bertz CT molecular complexity index is 145. The van der Waals surface area contributed by atoms with E-state index in [2.05, 4.69) is 5.32 Å². The van der Waals surface area contributed by atoms with E-state index in [0.717, 1.165) is 0 Å². The minimum Gasteiger partial charge on any atom is -0.806 e. The Morgan fingerprint density at radius 3 is 1.89 bits per heavy atom. The molecule has 0 radical (unpaired) electrons. The van der Waals surface area contributed by atoms with Gasteiger partial charge in [0.2, 0.25) is 0 Å². The minimum absolute atomic E-state index is 0.0949. The van der Waals surface area contributed by atoms with E-state index in [1.807, 2.05) is 0 Å². The smallest absolute Gasteiger partial charge is 0.111 e. The average Bonchev–Trinajstić information content (AvgIpc) is 1.64. The maximum absolute atomic E-state index is 8.82.